The summed E-state index contributed by atoms with van der Waals surface area (Å²) in [6.07, 6.45) is -0.713. The maximum Gasteiger partial charge on any atom is 0.415 e. The van der Waals surface area contributed by atoms with E-state index in [1.807, 2.05) is 17.5 Å². The predicted molar refractivity (Wildman–Crippen MR) is 70.3 cm³/mol. The molecule has 1 aromatic heterocycles. The van der Waals surface area contributed by atoms with Crippen molar-refractivity contribution < 1.29 is 14.3 Å². The summed E-state index contributed by atoms with van der Waals surface area (Å²) in [7, 11) is 0. The smallest absolute Gasteiger partial charge is 0.415 e. The first-order valence-electron chi connectivity index (χ1n) is 5.51. The summed E-state index contributed by atoms with van der Waals surface area (Å²) in [4.78, 5) is 24.5. The highest BCUT2D eigenvalue weighted by molar-refractivity contribution is 7.14. The fraction of sp³-hybridized carbons (Fsp3) is 0.455. The summed E-state index contributed by atoms with van der Waals surface area (Å²) in [5, 5.41) is 4.79. The van der Waals surface area contributed by atoms with Crippen LogP contribution in [0.25, 0.3) is 0 Å². The molecule has 0 aliphatic carbocycles. The molecule has 1 aromatic rings. The van der Waals surface area contributed by atoms with Crippen LogP contribution in [0.15, 0.2) is 17.5 Å². The summed E-state index contributed by atoms with van der Waals surface area (Å²) >= 11 is 7.10. The maximum atomic E-state index is 11.6. The molecule has 0 radical (unpaired) electrons. The average Bonchev–Trinajstić information content (AvgIpc) is 2.94. The second kappa shape index (κ2) is 5.58. The molecule has 2 heterocycles. The van der Waals surface area contributed by atoms with Crippen LogP contribution in [0.5, 0.6) is 0 Å². The lowest BCUT2D eigenvalue weighted by Crippen LogP contribution is -2.37. The van der Waals surface area contributed by atoms with Gasteiger partial charge in [-0.2, -0.15) is 0 Å². The number of alkyl halides is 1. The van der Waals surface area contributed by atoms with Gasteiger partial charge in [0.05, 0.1) is 13.1 Å². The van der Waals surface area contributed by atoms with E-state index in [1.54, 1.807) is 11.8 Å². The molecule has 0 aromatic carbocycles. The second-order valence-corrected chi connectivity index (χ2v) is 5.51. The Morgan fingerprint density at radius 3 is 3.17 bits per heavy atom. The van der Waals surface area contributed by atoms with Crippen molar-refractivity contribution in [2.75, 3.05) is 18.0 Å². The minimum absolute atomic E-state index is 0.262. The summed E-state index contributed by atoms with van der Waals surface area (Å²) in [5.74, 6) is -0.262. The van der Waals surface area contributed by atoms with Crippen LogP contribution >= 0.6 is 22.9 Å². The number of nitrogens with one attached hydrogen (secondary N) is 1. The Bertz CT molecular complexity index is 436. The van der Waals surface area contributed by atoms with Crippen molar-refractivity contribution in [2.45, 2.75) is 18.4 Å². The first kappa shape index (κ1) is 13.2. The number of hydrogen-bond acceptors (Lipinski definition) is 4. The van der Waals surface area contributed by atoms with Crippen molar-refractivity contribution >= 4 is 39.9 Å². The number of anilines is 1. The van der Waals surface area contributed by atoms with Crippen LogP contribution in [-0.2, 0) is 9.53 Å². The van der Waals surface area contributed by atoms with Gasteiger partial charge in [-0.1, -0.05) is 0 Å². The van der Waals surface area contributed by atoms with Gasteiger partial charge in [0, 0.05) is 0 Å². The molecule has 7 heteroatoms. The normalized spacial score (nSPS) is 20.7. The number of thiophene rings is 1. The lowest BCUT2D eigenvalue weighted by molar-refractivity contribution is -0.120. The van der Waals surface area contributed by atoms with E-state index >= 15 is 0 Å². The van der Waals surface area contributed by atoms with Crippen LogP contribution in [-0.4, -0.2) is 36.6 Å². The van der Waals surface area contributed by atoms with Crippen LogP contribution in [0.4, 0.5) is 9.80 Å². The van der Waals surface area contributed by atoms with E-state index < -0.39 is 5.38 Å². The molecule has 0 bridgehead atoms. The topological polar surface area (TPSA) is 58.6 Å². The van der Waals surface area contributed by atoms with E-state index in [9.17, 15) is 9.59 Å². The Kier molecular flexibility index (Phi) is 4.08. The molecule has 2 rings (SSSR count). The van der Waals surface area contributed by atoms with Crippen molar-refractivity contribution in [3.8, 4) is 0 Å². The lowest BCUT2D eigenvalue weighted by Gasteiger charge is -2.11. The Morgan fingerprint density at radius 1 is 1.78 bits per heavy atom. The highest BCUT2D eigenvalue weighted by Crippen LogP contribution is 2.25. The van der Waals surface area contributed by atoms with E-state index in [1.165, 1.54) is 11.3 Å². The molecule has 1 saturated heterocycles. The molecule has 2 unspecified atom stereocenters. The minimum Gasteiger partial charge on any atom is -0.442 e. The molecular weight excluding hydrogens is 276 g/mol. The van der Waals surface area contributed by atoms with E-state index in [4.69, 9.17) is 16.3 Å². The molecule has 1 fully saturated rings. The summed E-state index contributed by atoms with van der Waals surface area (Å²) in [5.41, 5.74) is 0. The largest absolute Gasteiger partial charge is 0.442 e. The molecule has 2 amide bonds. The molecule has 98 valence electrons. The number of rotatable bonds is 4. The fourth-order valence-electron chi connectivity index (χ4n) is 1.59. The first-order chi connectivity index (χ1) is 8.58. The molecular formula is C11H13ClN2O3S. The van der Waals surface area contributed by atoms with Crippen molar-refractivity contribution in [1.29, 1.82) is 0 Å². The van der Waals surface area contributed by atoms with Crippen molar-refractivity contribution in [2.24, 2.45) is 0 Å². The van der Waals surface area contributed by atoms with Crippen LogP contribution in [0, 0.1) is 0 Å². The van der Waals surface area contributed by atoms with E-state index in [0.29, 0.717) is 6.54 Å². The number of amides is 2. The molecule has 1 N–H and O–H groups in total. The molecule has 1 aliphatic rings. The molecule has 0 spiro atoms. The fourth-order valence-corrected chi connectivity index (χ4v) is 2.39. The number of carbonyl (C=O) groups is 2. The standard InChI is InChI=1S/C11H13ClN2O3S/c1-7(12)10(15)13-5-8-6-14(11(16)17-8)9-3-2-4-18-9/h2-4,7-8H,5-6H2,1H3,(H,13,15). The number of cyclic esters (lactones) is 1. The highest BCUT2D eigenvalue weighted by atomic mass is 35.5. The van der Waals surface area contributed by atoms with Crippen LogP contribution < -0.4 is 10.2 Å². The number of ether oxygens (including phenoxy) is 1. The zero-order chi connectivity index (χ0) is 13.1. The van der Waals surface area contributed by atoms with E-state index in [0.717, 1.165) is 5.00 Å². The molecule has 1 aliphatic heterocycles. The highest BCUT2D eigenvalue weighted by Gasteiger charge is 2.33. The summed E-state index contributed by atoms with van der Waals surface area (Å²) in [6, 6.07) is 3.73. The monoisotopic (exact) mass is 288 g/mol. The van der Waals surface area contributed by atoms with E-state index in [-0.39, 0.29) is 24.6 Å². The van der Waals surface area contributed by atoms with Crippen LogP contribution in [0.2, 0.25) is 0 Å². The van der Waals surface area contributed by atoms with Gasteiger partial charge in [0.15, 0.2) is 0 Å². The Balaban J connectivity index is 1.87. The Labute approximate surface area is 114 Å². The van der Waals surface area contributed by atoms with Gasteiger partial charge in [-0.05, 0) is 24.4 Å². The van der Waals surface area contributed by atoms with Gasteiger partial charge >= 0.3 is 6.09 Å². The molecule has 18 heavy (non-hydrogen) atoms. The van der Waals surface area contributed by atoms with Gasteiger partial charge < -0.3 is 10.1 Å². The Morgan fingerprint density at radius 2 is 2.56 bits per heavy atom. The predicted octanol–water partition coefficient (Wildman–Crippen LogP) is 1.82. The van der Waals surface area contributed by atoms with Gasteiger partial charge in [0.2, 0.25) is 5.91 Å². The number of carbonyl (C=O) groups excluding carboxylic acids is 2. The van der Waals surface area contributed by atoms with E-state index in [2.05, 4.69) is 5.32 Å². The van der Waals surface area contributed by atoms with Gasteiger partial charge in [-0.15, -0.1) is 22.9 Å². The van der Waals surface area contributed by atoms with Crippen molar-refractivity contribution in [3.05, 3.63) is 17.5 Å². The minimum atomic E-state index is -0.587. The number of nitrogens with zero attached hydrogens (tertiary/aromatic N) is 1. The van der Waals surface area contributed by atoms with Crippen LogP contribution in [0.1, 0.15) is 6.92 Å². The molecule has 5 nitrogen and oxygen atoms in total. The quantitative estimate of drug-likeness (QED) is 0.860. The maximum absolute atomic E-state index is 11.6. The molecule has 0 saturated carbocycles. The second-order valence-electron chi connectivity index (χ2n) is 3.93. The van der Waals surface area contributed by atoms with Gasteiger partial charge in [0.1, 0.15) is 16.5 Å². The van der Waals surface area contributed by atoms with Gasteiger partial charge in [-0.25, -0.2) is 4.79 Å². The number of halogens is 1. The van der Waals surface area contributed by atoms with Crippen molar-refractivity contribution in [1.82, 2.24) is 5.32 Å². The first-order valence-corrected chi connectivity index (χ1v) is 6.83. The van der Waals surface area contributed by atoms with Crippen LogP contribution in [0.3, 0.4) is 0 Å². The molecule has 2 atom stereocenters. The van der Waals surface area contributed by atoms with Gasteiger partial charge in [-0.3, -0.25) is 9.69 Å². The zero-order valence-electron chi connectivity index (χ0n) is 9.76. The third-order valence-electron chi connectivity index (χ3n) is 2.51. The lowest BCUT2D eigenvalue weighted by atomic mass is 10.3. The third kappa shape index (κ3) is 2.94. The van der Waals surface area contributed by atoms with Gasteiger partial charge in [0.25, 0.3) is 0 Å². The number of hydrogen-bond donors (Lipinski definition) is 1. The van der Waals surface area contributed by atoms with Crippen molar-refractivity contribution in [3.63, 3.8) is 0 Å². The zero-order valence-corrected chi connectivity index (χ0v) is 11.3. The average molecular weight is 289 g/mol. The summed E-state index contributed by atoms with van der Waals surface area (Å²) in [6.45, 7) is 2.31. The summed E-state index contributed by atoms with van der Waals surface area (Å²) < 4.78 is 5.16. The SMILES string of the molecule is CC(Cl)C(=O)NCC1CN(c2cccs2)C(=O)O1. The third-order valence-corrected chi connectivity index (χ3v) is 3.60. The Hall–Kier alpha value is -1.27.